The molecule has 1 spiro atoms. The minimum atomic E-state index is -0.528. The number of pyridine rings is 2. The molecule has 2 aliphatic heterocycles. The molecule has 2 amide bonds. The topological polar surface area (TPSA) is 107 Å². The van der Waals surface area contributed by atoms with Gasteiger partial charge in [-0.1, -0.05) is 12.1 Å². The maximum absolute atomic E-state index is 13.2. The van der Waals surface area contributed by atoms with Gasteiger partial charge < -0.3 is 20.4 Å². The van der Waals surface area contributed by atoms with Crippen LogP contribution in [0.4, 0.5) is 0 Å². The van der Waals surface area contributed by atoms with Crippen molar-refractivity contribution >= 4 is 33.6 Å². The van der Waals surface area contributed by atoms with E-state index >= 15 is 0 Å². The van der Waals surface area contributed by atoms with Crippen LogP contribution < -0.4 is 15.5 Å². The predicted octanol–water partition coefficient (Wildman–Crippen LogP) is 2.94. The second-order valence-corrected chi connectivity index (χ2v) is 9.83. The number of carbonyl (C=O) groups excluding carboxylic acids is 2. The molecule has 184 valence electrons. The van der Waals surface area contributed by atoms with Gasteiger partial charge in [0.25, 0.3) is 5.91 Å². The van der Waals surface area contributed by atoms with Gasteiger partial charge in [0.05, 0.1) is 29.1 Å². The summed E-state index contributed by atoms with van der Waals surface area (Å²) in [7, 11) is 3.47. The predicted molar refractivity (Wildman–Crippen MR) is 137 cm³/mol. The third-order valence-corrected chi connectivity index (χ3v) is 7.76. The van der Waals surface area contributed by atoms with Gasteiger partial charge in [0, 0.05) is 67.7 Å². The molecule has 2 aliphatic rings. The van der Waals surface area contributed by atoms with Crippen LogP contribution in [0.3, 0.4) is 0 Å². The monoisotopic (exact) mass is 484 g/mol. The summed E-state index contributed by atoms with van der Waals surface area (Å²) in [4.78, 5) is 36.2. The third kappa shape index (κ3) is 3.30. The number of piperidine rings is 1. The van der Waals surface area contributed by atoms with Crippen molar-refractivity contribution < 1.29 is 14.3 Å². The number of methoxy groups -OCH3 is 1. The Hall–Kier alpha value is -4.14. The summed E-state index contributed by atoms with van der Waals surface area (Å²) in [5.41, 5.74) is 9.37. The van der Waals surface area contributed by atoms with E-state index in [-0.39, 0.29) is 5.91 Å². The lowest BCUT2D eigenvalue weighted by atomic mass is 9.79. The van der Waals surface area contributed by atoms with Crippen molar-refractivity contribution in [1.29, 1.82) is 0 Å². The van der Waals surface area contributed by atoms with E-state index in [1.165, 1.54) is 6.20 Å². The molecular formula is C27H28N6O3. The first-order chi connectivity index (χ1) is 17.4. The Bertz CT molecular complexity index is 1510. The minimum absolute atomic E-state index is 0.203. The summed E-state index contributed by atoms with van der Waals surface area (Å²) >= 11 is 0. The normalized spacial score (nSPS) is 20.1. The van der Waals surface area contributed by atoms with Crippen molar-refractivity contribution in [2.75, 3.05) is 38.8 Å². The van der Waals surface area contributed by atoms with Crippen LogP contribution in [-0.4, -0.2) is 65.2 Å². The quantitative estimate of drug-likeness (QED) is 0.477. The molecule has 1 atom stereocenters. The highest BCUT2D eigenvalue weighted by molar-refractivity contribution is 6.15. The summed E-state index contributed by atoms with van der Waals surface area (Å²) in [5, 5.41) is 4.05. The fourth-order valence-electron chi connectivity index (χ4n) is 5.91. The maximum Gasteiger partial charge on any atom is 0.252 e. The number of hydrogen-bond acceptors (Lipinski definition) is 6. The molecular weight excluding hydrogens is 456 g/mol. The Morgan fingerprint density at radius 1 is 1.06 bits per heavy atom. The van der Waals surface area contributed by atoms with Crippen LogP contribution in [0.1, 0.15) is 29.6 Å². The first-order valence-electron chi connectivity index (χ1n) is 12.1. The van der Waals surface area contributed by atoms with Gasteiger partial charge in [-0.05, 0) is 37.0 Å². The average molecular weight is 485 g/mol. The van der Waals surface area contributed by atoms with Crippen LogP contribution in [-0.2, 0) is 4.79 Å². The zero-order chi connectivity index (χ0) is 25.0. The highest BCUT2D eigenvalue weighted by Crippen LogP contribution is 2.41. The summed E-state index contributed by atoms with van der Waals surface area (Å²) in [5.74, 6) is 0.228. The Morgan fingerprint density at radius 2 is 1.89 bits per heavy atom. The lowest BCUT2D eigenvalue weighted by Gasteiger charge is -2.41. The highest BCUT2D eigenvalue weighted by Gasteiger charge is 2.48. The van der Waals surface area contributed by atoms with Gasteiger partial charge in [-0.3, -0.25) is 19.2 Å². The van der Waals surface area contributed by atoms with Crippen LogP contribution in [0, 0.1) is 5.41 Å². The molecule has 5 heterocycles. The van der Waals surface area contributed by atoms with E-state index in [4.69, 9.17) is 10.5 Å². The molecule has 0 unspecified atom stereocenters. The van der Waals surface area contributed by atoms with Crippen LogP contribution in [0.25, 0.3) is 32.9 Å². The second kappa shape index (κ2) is 8.22. The highest BCUT2D eigenvalue weighted by atomic mass is 16.5. The van der Waals surface area contributed by atoms with Gasteiger partial charge in [0.2, 0.25) is 11.8 Å². The number of carbonyl (C=O) groups is 2. The lowest BCUT2D eigenvalue weighted by Crippen LogP contribution is -2.51. The largest absolute Gasteiger partial charge is 0.481 e. The van der Waals surface area contributed by atoms with Crippen molar-refractivity contribution in [3.05, 3.63) is 54.5 Å². The SMILES string of the molecule is COc1ccc(-c2ccc3c4cncc(C(N)=O)c4n(N4CCC[C@@]5(CCN(C)C5=O)C4)c3c2)cn1. The van der Waals surface area contributed by atoms with E-state index < -0.39 is 11.3 Å². The molecule has 2 saturated heterocycles. The van der Waals surface area contributed by atoms with Gasteiger partial charge in [0.15, 0.2) is 0 Å². The Kier molecular flexibility index (Phi) is 5.10. The number of fused-ring (bicyclic) bond motifs is 3. The van der Waals surface area contributed by atoms with E-state index in [1.807, 2.05) is 36.2 Å². The summed E-state index contributed by atoms with van der Waals surface area (Å²) in [6.07, 6.45) is 7.69. The molecule has 6 rings (SSSR count). The first kappa shape index (κ1) is 22.3. The second-order valence-electron chi connectivity index (χ2n) is 9.83. The number of amides is 2. The Balaban J connectivity index is 1.57. The summed E-state index contributed by atoms with van der Waals surface area (Å²) in [6.45, 7) is 2.13. The maximum atomic E-state index is 13.2. The van der Waals surface area contributed by atoms with E-state index in [0.717, 1.165) is 65.3 Å². The summed E-state index contributed by atoms with van der Waals surface area (Å²) in [6, 6.07) is 10.0. The molecule has 9 heteroatoms. The van der Waals surface area contributed by atoms with Crippen molar-refractivity contribution in [2.45, 2.75) is 19.3 Å². The molecule has 36 heavy (non-hydrogen) atoms. The van der Waals surface area contributed by atoms with Crippen LogP contribution in [0.15, 0.2) is 48.9 Å². The van der Waals surface area contributed by atoms with Crippen molar-refractivity contribution in [3.8, 4) is 17.0 Å². The van der Waals surface area contributed by atoms with Gasteiger partial charge in [0.1, 0.15) is 0 Å². The molecule has 3 aromatic heterocycles. The number of hydrogen-bond donors (Lipinski definition) is 1. The van der Waals surface area contributed by atoms with Crippen LogP contribution >= 0.6 is 0 Å². The van der Waals surface area contributed by atoms with Crippen LogP contribution in [0.5, 0.6) is 5.88 Å². The number of nitrogens with zero attached hydrogens (tertiary/aromatic N) is 5. The van der Waals surface area contributed by atoms with E-state index in [0.29, 0.717) is 18.0 Å². The van der Waals surface area contributed by atoms with E-state index in [1.54, 1.807) is 19.5 Å². The number of rotatable bonds is 4. The summed E-state index contributed by atoms with van der Waals surface area (Å²) < 4.78 is 7.30. The molecule has 0 saturated carbocycles. The molecule has 0 aliphatic carbocycles. The first-order valence-corrected chi connectivity index (χ1v) is 12.1. The standard InChI is InChI=1S/C27H28N6O3/c1-31-11-9-27(26(31)35)8-3-10-32(16-27)33-22-12-17(18-5-7-23(36-2)30-13-18)4-6-19(22)20-14-29-15-21(24(20)33)25(28)34/h4-7,12-15H,3,8-11,16H2,1-2H3,(H2,28,34)/t27-/m1/s1. The third-order valence-electron chi connectivity index (χ3n) is 7.76. The van der Waals surface area contributed by atoms with E-state index in [2.05, 4.69) is 25.7 Å². The Morgan fingerprint density at radius 3 is 2.58 bits per heavy atom. The van der Waals surface area contributed by atoms with Gasteiger partial charge in [-0.25, -0.2) is 4.98 Å². The molecule has 9 nitrogen and oxygen atoms in total. The fourth-order valence-corrected chi connectivity index (χ4v) is 5.91. The van der Waals surface area contributed by atoms with Gasteiger partial charge in [-0.2, -0.15) is 0 Å². The number of benzene rings is 1. The lowest BCUT2D eigenvalue weighted by molar-refractivity contribution is -0.135. The number of aromatic nitrogens is 3. The van der Waals surface area contributed by atoms with Crippen molar-refractivity contribution in [1.82, 2.24) is 19.5 Å². The number of ether oxygens (including phenoxy) is 1. The number of likely N-dealkylation sites (tertiary alicyclic amines) is 1. The average Bonchev–Trinajstić information content (AvgIpc) is 3.38. The Labute approximate surface area is 208 Å². The molecule has 1 aromatic carbocycles. The van der Waals surface area contributed by atoms with Crippen molar-refractivity contribution in [3.63, 3.8) is 0 Å². The fraction of sp³-hybridized carbons (Fsp3) is 0.333. The molecule has 4 aromatic rings. The zero-order valence-electron chi connectivity index (χ0n) is 20.4. The van der Waals surface area contributed by atoms with Gasteiger partial charge >= 0.3 is 0 Å². The minimum Gasteiger partial charge on any atom is -0.481 e. The van der Waals surface area contributed by atoms with Crippen molar-refractivity contribution in [2.24, 2.45) is 11.1 Å². The smallest absolute Gasteiger partial charge is 0.252 e. The molecule has 0 bridgehead atoms. The number of primary amides is 1. The van der Waals surface area contributed by atoms with Crippen LogP contribution in [0.2, 0.25) is 0 Å². The number of nitrogens with two attached hydrogens (primary N) is 1. The molecule has 2 N–H and O–H groups in total. The zero-order valence-corrected chi connectivity index (χ0v) is 20.4. The molecule has 0 radical (unpaired) electrons. The van der Waals surface area contributed by atoms with Gasteiger partial charge in [-0.15, -0.1) is 0 Å². The van der Waals surface area contributed by atoms with E-state index in [9.17, 15) is 9.59 Å². The molecule has 2 fully saturated rings.